The summed E-state index contributed by atoms with van der Waals surface area (Å²) >= 11 is 1.77. The molecule has 1 nitrogen and oxygen atoms in total. The normalized spacial score (nSPS) is 11.8. The van der Waals surface area contributed by atoms with Crippen molar-refractivity contribution in [2.24, 2.45) is 0 Å². The fourth-order valence-electron chi connectivity index (χ4n) is 2.34. The maximum absolute atomic E-state index is 5.86. The first kappa shape index (κ1) is 11.5. The van der Waals surface area contributed by atoms with Gasteiger partial charge in [0, 0.05) is 10.3 Å². The molecule has 2 heteroatoms. The molecule has 2 aromatic carbocycles. The quantitative estimate of drug-likeness (QED) is 0.449. The van der Waals surface area contributed by atoms with Gasteiger partial charge in [-0.2, -0.15) is 0 Å². The predicted molar refractivity (Wildman–Crippen MR) is 87.0 cm³/mol. The average molecular weight is 276 g/mol. The molecule has 0 radical (unpaired) electrons. The minimum Gasteiger partial charge on any atom is -0.455 e. The lowest BCUT2D eigenvalue weighted by Crippen LogP contribution is -1.67. The van der Waals surface area contributed by atoms with Gasteiger partial charge in [-0.15, -0.1) is 11.3 Å². The van der Waals surface area contributed by atoms with Crippen LogP contribution in [-0.2, 0) is 0 Å². The summed E-state index contributed by atoms with van der Waals surface area (Å²) in [6.07, 6.45) is 4.27. The van der Waals surface area contributed by atoms with Gasteiger partial charge in [0.15, 0.2) is 0 Å². The molecular weight excluding hydrogens is 264 g/mol. The maximum atomic E-state index is 5.86. The number of thiophene rings is 1. The van der Waals surface area contributed by atoms with E-state index in [1.54, 1.807) is 11.3 Å². The fraction of sp³-hybridized carbons (Fsp3) is 0. The molecule has 0 aliphatic carbocycles. The Morgan fingerprint density at radius 3 is 2.50 bits per heavy atom. The maximum Gasteiger partial charge on any atom is 0.146 e. The van der Waals surface area contributed by atoms with Gasteiger partial charge < -0.3 is 4.42 Å². The van der Waals surface area contributed by atoms with Crippen molar-refractivity contribution < 1.29 is 4.42 Å². The van der Waals surface area contributed by atoms with Crippen LogP contribution in [0.2, 0.25) is 0 Å². The van der Waals surface area contributed by atoms with E-state index in [9.17, 15) is 0 Å². The van der Waals surface area contributed by atoms with Gasteiger partial charge in [0.2, 0.25) is 0 Å². The van der Waals surface area contributed by atoms with E-state index < -0.39 is 0 Å². The summed E-state index contributed by atoms with van der Waals surface area (Å²) in [6, 6.07) is 20.6. The van der Waals surface area contributed by atoms with Crippen LogP contribution in [0.3, 0.4) is 0 Å². The minimum absolute atomic E-state index is 0.965. The first-order valence-electron chi connectivity index (χ1n) is 6.54. The first-order chi connectivity index (χ1) is 9.90. The number of fused-ring (bicyclic) bond motifs is 3. The molecule has 0 fully saturated rings. The lowest BCUT2D eigenvalue weighted by molar-refractivity contribution is 0.670. The van der Waals surface area contributed by atoms with E-state index in [0.717, 1.165) is 11.2 Å². The van der Waals surface area contributed by atoms with E-state index in [2.05, 4.69) is 42.5 Å². The van der Waals surface area contributed by atoms with Crippen LogP contribution in [0.5, 0.6) is 0 Å². The number of benzene rings is 2. The highest BCUT2D eigenvalue weighted by molar-refractivity contribution is 7.20. The zero-order valence-electron chi connectivity index (χ0n) is 10.7. The molecule has 0 atom stereocenters. The standard InChI is InChI=1S/C18H12OS/c1-2-6-13(7-3-1)10-11-14-12-17-18(20-14)15-8-4-5-9-16(15)19-17/h1-12H/b11-10+. The highest BCUT2D eigenvalue weighted by Crippen LogP contribution is 2.35. The van der Waals surface area contributed by atoms with Gasteiger partial charge in [0.05, 0.1) is 4.70 Å². The molecule has 0 amide bonds. The molecule has 0 saturated heterocycles. The van der Waals surface area contributed by atoms with Crippen LogP contribution in [0.1, 0.15) is 10.4 Å². The van der Waals surface area contributed by atoms with Gasteiger partial charge >= 0.3 is 0 Å². The zero-order chi connectivity index (χ0) is 13.4. The van der Waals surface area contributed by atoms with Crippen LogP contribution in [0.4, 0.5) is 0 Å². The number of rotatable bonds is 2. The highest BCUT2D eigenvalue weighted by atomic mass is 32.1. The Hall–Kier alpha value is -2.32. The number of furan rings is 1. The van der Waals surface area contributed by atoms with Crippen LogP contribution in [-0.4, -0.2) is 0 Å². The summed E-state index contributed by atoms with van der Waals surface area (Å²) in [7, 11) is 0. The molecule has 0 bridgehead atoms. The van der Waals surface area contributed by atoms with Crippen molar-refractivity contribution >= 4 is 44.7 Å². The van der Waals surface area contributed by atoms with E-state index >= 15 is 0 Å². The molecule has 0 aliphatic heterocycles. The molecule has 0 spiro atoms. The summed E-state index contributed by atoms with van der Waals surface area (Å²) in [4.78, 5) is 1.22. The topological polar surface area (TPSA) is 13.1 Å². The van der Waals surface area contributed by atoms with Crippen LogP contribution >= 0.6 is 11.3 Å². The van der Waals surface area contributed by atoms with Gasteiger partial charge in [-0.05, 0) is 29.8 Å². The Kier molecular flexibility index (Phi) is 2.68. The van der Waals surface area contributed by atoms with E-state index in [1.165, 1.54) is 20.5 Å². The molecular formula is C18H12OS. The number of para-hydroxylation sites is 1. The molecule has 0 unspecified atom stereocenters. The van der Waals surface area contributed by atoms with E-state index in [1.807, 2.05) is 30.3 Å². The molecule has 0 N–H and O–H groups in total. The Bertz CT molecular complexity index is 897. The highest BCUT2D eigenvalue weighted by Gasteiger charge is 2.09. The molecule has 96 valence electrons. The lowest BCUT2D eigenvalue weighted by Gasteiger charge is -1.90. The third kappa shape index (κ3) is 1.95. The molecule has 4 aromatic rings. The summed E-state index contributed by atoms with van der Waals surface area (Å²) < 4.78 is 7.09. The smallest absolute Gasteiger partial charge is 0.146 e. The van der Waals surface area contributed by atoms with Gasteiger partial charge in [0.25, 0.3) is 0 Å². The lowest BCUT2D eigenvalue weighted by atomic mass is 10.2. The summed E-state index contributed by atoms with van der Waals surface area (Å²) in [5, 5.41) is 1.20. The second-order valence-corrected chi connectivity index (χ2v) is 5.77. The molecule has 4 rings (SSSR count). The average Bonchev–Trinajstić information content (AvgIpc) is 3.03. The largest absolute Gasteiger partial charge is 0.455 e. The predicted octanol–water partition coefficient (Wildman–Crippen LogP) is 5.82. The number of hydrogen-bond donors (Lipinski definition) is 0. The molecule has 0 saturated carbocycles. The summed E-state index contributed by atoms with van der Waals surface area (Å²) in [5.41, 5.74) is 3.15. The summed E-state index contributed by atoms with van der Waals surface area (Å²) in [6.45, 7) is 0. The second kappa shape index (κ2) is 4.66. The first-order valence-corrected chi connectivity index (χ1v) is 7.36. The van der Waals surface area contributed by atoms with Crippen molar-refractivity contribution in [3.63, 3.8) is 0 Å². The zero-order valence-corrected chi connectivity index (χ0v) is 11.6. The molecule has 2 aromatic heterocycles. The van der Waals surface area contributed by atoms with Crippen molar-refractivity contribution in [1.82, 2.24) is 0 Å². The van der Waals surface area contributed by atoms with E-state index in [-0.39, 0.29) is 0 Å². The van der Waals surface area contributed by atoms with Crippen LogP contribution in [0.25, 0.3) is 33.4 Å². The monoisotopic (exact) mass is 276 g/mol. The molecule has 0 aliphatic rings. The Labute approximate surface area is 120 Å². The third-order valence-corrected chi connectivity index (χ3v) is 4.42. The Balaban J connectivity index is 1.76. The Morgan fingerprint density at radius 1 is 0.800 bits per heavy atom. The van der Waals surface area contributed by atoms with E-state index in [4.69, 9.17) is 4.42 Å². The number of hydrogen-bond acceptors (Lipinski definition) is 2. The van der Waals surface area contributed by atoms with Crippen molar-refractivity contribution in [1.29, 1.82) is 0 Å². The fourth-order valence-corrected chi connectivity index (χ4v) is 3.36. The van der Waals surface area contributed by atoms with Gasteiger partial charge in [-0.1, -0.05) is 48.5 Å². The van der Waals surface area contributed by atoms with Crippen molar-refractivity contribution in [2.75, 3.05) is 0 Å². The van der Waals surface area contributed by atoms with Crippen LogP contribution < -0.4 is 0 Å². The van der Waals surface area contributed by atoms with Crippen molar-refractivity contribution in [3.8, 4) is 0 Å². The van der Waals surface area contributed by atoms with Crippen LogP contribution in [0, 0.1) is 0 Å². The van der Waals surface area contributed by atoms with Gasteiger partial charge in [0.1, 0.15) is 11.2 Å². The Morgan fingerprint density at radius 2 is 1.60 bits per heavy atom. The molecule has 2 heterocycles. The van der Waals surface area contributed by atoms with Crippen LogP contribution in [0.15, 0.2) is 65.1 Å². The van der Waals surface area contributed by atoms with Gasteiger partial charge in [-0.3, -0.25) is 0 Å². The third-order valence-electron chi connectivity index (χ3n) is 3.31. The second-order valence-electron chi connectivity index (χ2n) is 4.68. The van der Waals surface area contributed by atoms with Crippen molar-refractivity contribution in [2.45, 2.75) is 0 Å². The van der Waals surface area contributed by atoms with Crippen molar-refractivity contribution in [3.05, 3.63) is 71.1 Å². The van der Waals surface area contributed by atoms with E-state index in [0.29, 0.717) is 0 Å². The van der Waals surface area contributed by atoms with Gasteiger partial charge in [-0.25, -0.2) is 0 Å². The minimum atomic E-state index is 0.965. The molecule has 20 heavy (non-hydrogen) atoms. The summed E-state index contributed by atoms with van der Waals surface area (Å²) in [5.74, 6) is 0. The SMILES string of the molecule is C(=C\c1cc2oc3ccccc3c2s1)/c1ccccc1.